The van der Waals surface area contributed by atoms with E-state index in [9.17, 15) is 0 Å². The van der Waals surface area contributed by atoms with E-state index < -0.39 is 0 Å². The minimum atomic E-state index is 0.362. The molecule has 3 heteroatoms. The number of hydrogen-bond acceptors (Lipinski definition) is 2. The molecule has 11 heavy (non-hydrogen) atoms. The molecule has 0 atom stereocenters. The largest absolute Gasteiger partial charge is 0.458 e. The number of allylic oxidation sites excluding steroid dienone is 4. The van der Waals surface area contributed by atoms with Crippen molar-refractivity contribution in [3.63, 3.8) is 0 Å². The van der Waals surface area contributed by atoms with E-state index in [1.54, 1.807) is 0 Å². The number of hydrogen-bond donors (Lipinski definition) is 0. The third kappa shape index (κ3) is 1.33. The normalized spacial score (nSPS) is 21.7. The van der Waals surface area contributed by atoms with E-state index in [2.05, 4.69) is 15.9 Å². The smallest absolute Gasteiger partial charge is 0.230 e. The van der Waals surface area contributed by atoms with Gasteiger partial charge in [0.25, 0.3) is 0 Å². The standard InChI is InChI=1S/C8H7BrO2/c9-6-1-3-7-8(4-2-6)11-5-10-7/h1-3H,4-5H2. The fourth-order valence-corrected chi connectivity index (χ4v) is 1.32. The van der Waals surface area contributed by atoms with Crippen LogP contribution in [-0.2, 0) is 9.47 Å². The molecule has 0 aromatic carbocycles. The Balaban J connectivity index is 2.28. The van der Waals surface area contributed by atoms with Gasteiger partial charge >= 0.3 is 0 Å². The highest BCUT2D eigenvalue weighted by Gasteiger charge is 2.15. The molecule has 1 aliphatic carbocycles. The monoisotopic (exact) mass is 214 g/mol. The van der Waals surface area contributed by atoms with Crippen LogP contribution in [0.1, 0.15) is 6.42 Å². The molecular formula is C8H7BrO2. The molecule has 0 aromatic heterocycles. The number of halogens is 1. The van der Waals surface area contributed by atoms with Gasteiger partial charge < -0.3 is 9.47 Å². The van der Waals surface area contributed by atoms with Crippen molar-refractivity contribution in [2.45, 2.75) is 6.42 Å². The highest BCUT2D eigenvalue weighted by Crippen LogP contribution is 2.26. The van der Waals surface area contributed by atoms with E-state index in [-0.39, 0.29) is 0 Å². The molecule has 0 bridgehead atoms. The lowest BCUT2D eigenvalue weighted by Gasteiger charge is -1.94. The van der Waals surface area contributed by atoms with Crippen molar-refractivity contribution in [2.75, 3.05) is 6.79 Å². The lowest BCUT2D eigenvalue weighted by Crippen LogP contribution is -1.83. The van der Waals surface area contributed by atoms with Gasteiger partial charge in [0.1, 0.15) is 5.76 Å². The second-order valence-electron chi connectivity index (χ2n) is 2.32. The van der Waals surface area contributed by atoms with Crippen molar-refractivity contribution in [2.24, 2.45) is 0 Å². The van der Waals surface area contributed by atoms with E-state index >= 15 is 0 Å². The van der Waals surface area contributed by atoms with E-state index in [0.717, 1.165) is 22.4 Å². The van der Waals surface area contributed by atoms with Gasteiger partial charge in [-0.3, -0.25) is 0 Å². The van der Waals surface area contributed by atoms with Gasteiger partial charge in [0, 0.05) is 10.9 Å². The molecule has 58 valence electrons. The van der Waals surface area contributed by atoms with Gasteiger partial charge in [-0.15, -0.1) is 0 Å². The first-order valence-electron chi connectivity index (χ1n) is 3.39. The Hall–Kier alpha value is -0.700. The molecule has 0 spiro atoms. The Morgan fingerprint density at radius 2 is 2.18 bits per heavy atom. The summed E-state index contributed by atoms with van der Waals surface area (Å²) in [6.45, 7) is 0.362. The Labute approximate surface area is 73.3 Å². The molecule has 0 saturated carbocycles. The lowest BCUT2D eigenvalue weighted by atomic mass is 10.3. The van der Waals surface area contributed by atoms with Crippen LogP contribution in [0.25, 0.3) is 0 Å². The molecule has 0 radical (unpaired) electrons. The molecule has 0 fully saturated rings. The minimum absolute atomic E-state index is 0.362. The zero-order valence-corrected chi connectivity index (χ0v) is 7.43. The van der Waals surface area contributed by atoms with Gasteiger partial charge in [0.15, 0.2) is 5.76 Å². The molecule has 0 N–H and O–H groups in total. The van der Waals surface area contributed by atoms with Crippen molar-refractivity contribution in [3.8, 4) is 0 Å². The van der Waals surface area contributed by atoms with E-state index in [4.69, 9.17) is 9.47 Å². The van der Waals surface area contributed by atoms with Crippen molar-refractivity contribution < 1.29 is 9.47 Å². The molecule has 0 amide bonds. The van der Waals surface area contributed by atoms with Crippen LogP contribution in [0.3, 0.4) is 0 Å². The minimum Gasteiger partial charge on any atom is -0.458 e. The van der Waals surface area contributed by atoms with Crippen molar-refractivity contribution in [1.82, 2.24) is 0 Å². The van der Waals surface area contributed by atoms with Crippen molar-refractivity contribution in [3.05, 3.63) is 34.2 Å². The first kappa shape index (κ1) is 6.98. The maximum absolute atomic E-state index is 5.23. The average molecular weight is 215 g/mol. The third-order valence-corrected chi connectivity index (χ3v) is 2.19. The summed E-state index contributed by atoms with van der Waals surface area (Å²) < 4.78 is 11.5. The second-order valence-corrected chi connectivity index (χ2v) is 3.24. The summed E-state index contributed by atoms with van der Waals surface area (Å²) in [4.78, 5) is 0. The first-order valence-corrected chi connectivity index (χ1v) is 4.18. The molecule has 2 aliphatic rings. The summed E-state index contributed by atoms with van der Waals surface area (Å²) in [6, 6.07) is 0. The van der Waals surface area contributed by atoms with Crippen molar-refractivity contribution >= 4 is 15.9 Å². The van der Waals surface area contributed by atoms with Gasteiger partial charge in [-0.1, -0.05) is 22.0 Å². The molecule has 1 heterocycles. The highest BCUT2D eigenvalue weighted by molar-refractivity contribution is 9.11. The van der Waals surface area contributed by atoms with Crippen LogP contribution in [0.5, 0.6) is 0 Å². The van der Waals surface area contributed by atoms with E-state index in [1.807, 2.05) is 18.2 Å². The van der Waals surface area contributed by atoms with Gasteiger partial charge in [0.2, 0.25) is 6.79 Å². The fraction of sp³-hybridized carbons (Fsp3) is 0.250. The first-order chi connectivity index (χ1) is 5.36. The second kappa shape index (κ2) is 2.74. The molecule has 1 aliphatic heterocycles. The zero-order valence-electron chi connectivity index (χ0n) is 5.84. The zero-order chi connectivity index (χ0) is 7.68. The van der Waals surface area contributed by atoms with Crippen LogP contribution in [-0.4, -0.2) is 6.79 Å². The average Bonchev–Trinajstić information content (AvgIpc) is 2.38. The summed E-state index contributed by atoms with van der Waals surface area (Å²) in [6.07, 6.45) is 6.73. The van der Waals surface area contributed by atoms with Crippen LogP contribution in [0.15, 0.2) is 34.2 Å². The third-order valence-electron chi connectivity index (χ3n) is 1.60. The Morgan fingerprint density at radius 3 is 3.09 bits per heavy atom. The van der Waals surface area contributed by atoms with Crippen LogP contribution in [0.2, 0.25) is 0 Å². The van der Waals surface area contributed by atoms with Gasteiger partial charge in [-0.2, -0.15) is 0 Å². The van der Waals surface area contributed by atoms with Crippen LogP contribution in [0, 0.1) is 0 Å². The highest BCUT2D eigenvalue weighted by atomic mass is 79.9. The number of ether oxygens (including phenoxy) is 2. The summed E-state index contributed by atoms with van der Waals surface area (Å²) in [5.74, 6) is 1.78. The molecule has 0 saturated heterocycles. The van der Waals surface area contributed by atoms with Gasteiger partial charge in [0.05, 0.1) is 0 Å². The molecule has 2 nitrogen and oxygen atoms in total. The maximum atomic E-state index is 5.23. The quantitative estimate of drug-likeness (QED) is 0.617. The molecule has 2 rings (SSSR count). The Kier molecular flexibility index (Phi) is 1.74. The summed E-state index contributed by atoms with van der Waals surface area (Å²) in [5.41, 5.74) is 0. The van der Waals surface area contributed by atoms with Crippen LogP contribution in [0.4, 0.5) is 0 Å². The van der Waals surface area contributed by atoms with Crippen LogP contribution >= 0.6 is 15.9 Å². The summed E-state index contributed by atoms with van der Waals surface area (Å²) in [7, 11) is 0. The topological polar surface area (TPSA) is 18.5 Å². The summed E-state index contributed by atoms with van der Waals surface area (Å²) >= 11 is 3.38. The Morgan fingerprint density at radius 1 is 1.27 bits per heavy atom. The Bertz CT molecular complexity index is 263. The van der Waals surface area contributed by atoms with Crippen LogP contribution < -0.4 is 0 Å². The molecular weight excluding hydrogens is 208 g/mol. The summed E-state index contributed by atoms with van der Waals surface area (Å²) in [5, 5.41) is 0. The predicted molar refractivity (Wildman–Crippen MR) is 44.8 cm³/mol. The fourth-order valence-electron chi connectivity index (χ4n) is 1.03. The van der Waals surface area contributed by atoms with Gasteiger partial charge in [-0.25, -0.2) is 0 Å². The molecule has 0 aromatic rings. The maximum Gasteiger partial charge on any atom is 0.230 e. The predicted octanol–water partition coefficient (Wildman–Crippen LogP) is 2.44. The van der Waals surface area contributed by atoms with E-state index in [0.29, 0.717) is 6.79 Å². The number of rotatable bonds is 0. The lowest BCUT2D eigenvalue weighted by molar-refractivity contribution is 0.0732. The van der Waals surface area contributed by atoms with Crippen molar-refractivity contribution in [1.29, 1.82) is 0 Å². The molecule has 0 unspecified atom stereocenters. The van der Waals surface area contributed by atoms with E-state index in [1.165, 1.54) is 0 Å². The SMILES string of the molecule is BrC1=CCC2=C(C=C1)OCO2. The van der Waals surface area contributed by atoms with Gasteiger partial charge in [-0.05, 0) is 12.2 Å².